The Bertz CT molecular complexity index is 2680. The van der Waals surface area contributed by atoms with Crippen molar-refractivity contribution in [3.63, 3.8) is 0 Å². The van der Waals surface area contributed by atoms with E-state index in [-0.39, 0.29) is 18.3 Å². The van der Waals surface area contributed by atoms with Gasteiger partial charge in [-0.3, -0.25) is 0 Å². The van der Waals surface area contributed by atoms with Gasteiger partial charge in [0.1, 0.15) is 0 Å². The molecule has 0 amide bonds. The number of benzene rings is 8. The summed E-state index contributed by atoms with van der Waals surface area (Å²) in [6.45, 7) is 9.22. The fourth-order valence-corrected chi connectivity index (χ4v) is 8.77. The topological polar surface area (TPSA) is 38.0 Å². The molecular weight excluding hydrogens is 769 g/mol. The Morgan fingerprint density at radius 3 is 1.38 bits per heavy atom. The SMILES string of the molecule is C.CC1(C)c2ccccc2-c2cc(Br)ccc21.CC1(C)c2ccccc2-c2cc(Nc3cccc(-c4ccccc4)c3)ccc21.Nc1cccc(-c2ccccc2)c1. The first kappa shape index (κ1) is 40.1. The Labute approximate surface area is 353 Å². The normalized spacial score (nSPS) is 13.1. The van der Waals surface area contributed by atoms with Crippen LogP contribution in [0.3, 0.4) is 0 Å². The number of anilines is 3. The van der Waals surface area contributed by atoms with Crippen molar-refractivity contribution in [2.24, 2.45) is 0 Å². The second-order valence-electron chi connectivity index (χ2n) is 15.9. The lowest BCUT2D eigenvalue weighted by Crippen LogP contribution is -2.14. The van der Waals surface area contributed by atoms with Gasteiger partial charge >= 0.3 is 0 Å². The van der Waals surface area contributed by atoms with E-state index in [4.69, 9.17) is 5.73 Å². The molecule has 288 valence electrons. The van der Waals surface area contributed by atoms with E-state index in [2.05, 4.69) is 207 Å². The largest absolute Gasteiger partial charge is 0.399 e. The molecule has 0 bridgehead atoms. The van der Waals surface area contributed by atoms with Gasteiger partial charge < -0.3 is 11.1 Å². The summed E-state index contributed by atoms with van der Waals surface area (Å²) in [5.41, 5.74) is 24.8. The minimum absolute atomic E-state index is 0. The monoisotopic (exact) mass is 818 g/mol. The molecule has 0 unspecified atom stereocenters. The summed E-state index contributed by atoms with van der Waals surface area (Å²) in [6, 6.07) is 68.0. The third-order valence-electron chi connectivity index (χ3n) is 11.4. The van der Waals surface area contributed by atoms with Crippen LogP contribution in [0.4, 0.5) is 17.1 Å². The van der Waals surface area contributed by atoms with Crippen molar-refractivity contribution in [1.29, 1.82) is 0 Å². The van der Waals surface area contributed by atoms with Crippen molar-refractivity contribution in [1.82, 2.24) is 0 Å². The third kappa shape index (κ3) is 8.01. The van der Waals surface area contributed by atoms with Gasteiger partial charge in [0.25, 0.3) is 0 Å². The Morgan fingerprint density at radius 2 is 0.810 bits per heavy atom. The van der Waals surface area contributed by atoms with Gasteiger partial charge in [-0.05, 0) is 115 Å². The highest BCUT2D eigenvalue weighted by molar-refractivity contribution is 9.10. The zero-order chi connectivity index (χ0) is 39.6. The number of rotatable bonds is 4. The van der Waals surface area contributed by atoms with Gasteiger partial charge in [0.2, 0.25) is 0 Å². The summed E-state index contributed by atoms with van der Waals surface area (Å²) in [6.07, 6.45) is 0. The quantitative estimate of drug-likeness (QED) is 0.174. The van der Waals surface area contributed by atoms with Crippen molar-refractivity contribution in [3.8, 4) is 44.5 Å². The zero-order valence-corrected chi connectivity index (χ0v) is 34.5. The molecule has 0 fully saturated rings. The average molecular weight is 820 g/mol. The average Bonchev–Trinajstić information content (AvgIpc) is 3.61. The van der Waals surface area contributed by atoms with Crippen LogP contribution in [0.2, 0.25) is 0 Å². The molecule has 0 saturated heterocycles. The number of nitrogens with one attached hydrogen (secondary N) is 1. The Hall–Kier alpha value is -6.16. The lowest BCUT2D eigenvalue weighted by atomic mass is 9.82. The standard InChI is InChI=1S/C27H23N.C15H13Br.C12H11N.CH4/c1-27(2)25-14-7-6-13-23(25)24-18-22(15-16-26(24)27)28-21-12-8-11-20(17-21)19-9-4-3-5-10-19;1-15(2)13-6-4-3-5-11(13)12-9-10(16)7-8-14(12)15;13-12-8-4-7-11(9-12)10-5-2-1-3-6-10;/h3-18,28H,1-2H3;3-9H,1-2H3;1-9H,13H2;1H4. The third-order valence-corrected chi connectivity index (χ3v) is 11.9. The van der Waals surface area contributed by atoms with Gasteiger partial charge in [0.15, 0.2) is 0 Å². The fourth-order valence-electron chi connectivity index (χ4n) is 8.41. The zero-order valence-electron chi connectivity index (χ0n) is 32.9. The molecule has 0 atom stereocenters. The molecule has 10 rings (SSSR count). The number of nitrogens with two attached hydrogens (primary N) is 1. The van der Waals surface area contributed by atoms with E-state index in [0.717, 1.165) is 21.5 Å². The summed E-state index contributed by atoms with van der Waals surface area (Å²) in [7, 11) is 0. The molecule has 2 aliphatic rings. The van der Waals surface area contributed by atoms with Crippen molar-refractivity contribution in [2.45, 2.75) is 46.0 Å². The van der Waals surface area contributed by atoms with E-state index in [1.807, 2.05) is 36.4 Å². The second kappa shape index (κ2) is 16.7. The Kier molecular flexibility index (Phi) is 11.6. The van der Waals surface area contributed by atoms with Crippen LogP contribution >= 0.6 is 15.9 Å². The van der Waals surface area contributed by atoms with Gasteiger partial charge in [-0.2, -0.15) is 0 Å². The van der Waals surface area contributed by atoms with E-state index in [9.17, 15) is 0 Å². The Balaban J connectivity index is 0.000000145. The molecule has 0 saturated carbocycles. The van der Waals surface area contributed by atoms with Crippen molar-refractivity contribution in [3.05, 3.63) is 221 Å². The van der Waals surface area contributed by atoms with Crippen LogP contribution in [0.1, 0.15) is 57.4 Å². The van der Waals surface area contributed by atoms with E-state index >= 15 is 0 Å². The number of hydrogen-bond acceptors (Lipinski definition) is 2. The maximum absolute atomic E-state index is 5.70. The molecule has 2 nitrogen and oxygen atoms in total. The molecule has 0 aliphatic heterocycles. The van der Waals surface area contributed by atoms with Gasteiger partial charge in [-0.25, -0.2) is 0 Å². The molecule has 2 aliphatic carbocycles. The maximum Gasteiger partial charge on any atom is 0.0390 e. The van der Waals surface area contributed by atoms with Crippen molar-refractivity contribution in [2.75, 3.05) is 11.1 Å². The van der Waals surface area contributed by atoms with Crippen LogP contribution < -0.4 is 11.1 Å². The Morgan fingerprint density at radius 1 is 0.379 bits per heavy atom. The highest BCUT2D eigenvalue weighted by Gasteiger charge is 2.36. The van der Waals surface area contributed by atoms with Gasteiger partial charge in [0, 0.05) is 32.4 Å². The molecule has 0 heterocycles. The first-order valence-corrected chi connectivity index (χ1v) is 20.4. The highest BCUT2D eigenvalue weighted by atomic mass is 79.9. The van der Waals surface area contributed by atoms with Gasteiger partial charge in [0.05, 0.1) is 0 Å². The van der Waals surface area contributed by atoms with Gasteiger partial charge in [-0.15, -0.1) is 0 Å². The van der Waals surface area contributed by atoms with Crippen molar-refractivity contribution >= 4 is 33.0 Å². The second-order valence-corrected chi connectivity index (χ2v) is 16.8. The fraction of sp³-hybridized carbons (Fsp3) is 0.127. The van der Waals surface area contributed by atoms with Crippen LogP contribution in [0.5, 0.6) is 0 Å². The predicted molar refractivity (Wildman–Crippen MR) is 254 cm³/mol. The van der Waals surface area contributed by atoms with E-state index in [1.165, 1.54) is 66.8 Å². The van der Waals surface area contributed by atoms with Crippen LogP contribution in [0.15, 0.2) is 199 Å². The summed E-state index contributed by atoms with van der Waals surface area (Å²) in [5.74, 6) is 0. The predicted octanol–water partition coefficient (Wildman–Crippen LogP) is 15.7. The summed E-state index contributed by atoms with van der Waals surface area (Å²) in [4.78, 5) is 0. The molecule has 3 heteroatoms. The van der Waals surface area contributed by atoms with E-state index < -0.39 is 0 Å². The smallest absolute Gasteiger partial charge is 0.0390 e. The minimum atomic E-state index is 0. The molecule has 3 N–H and O–H groups in total. The molecule has 8 aromatic carbocycles. The molecule has 0 aromatic heterocycles. The van der Waals surface area contributed by atoms with E-state index in [0.29, 0.717) is 0 Å². The summed E-state index contributed by atoms with van der Waals surface area (Å²) >= 11 is 3.55. The molecule has 0 spiro atoms. The van der Waals surface area contributed by atoms with Crippen LogP contribution in [-0.4, -0.2) is 0 Å². The lowest BCUT2D eigenvalue weighted by Gasteiger charge is -2.21. The number of nitrogen functional groups attached to an aromatic ring is 1. The van der Waals surface area contributed by atoms with Crippen molar-refractivity contribution < 1.29 is 0 Å². The van der Waals surface area contributed by atoms with Gasteiger partial charge in [-0.1, -0.05) is 197 Å². The molecular formula is C55H51BrN2. The molecule has 58 heavy (non-hydrogen) atoms. The minimum Gasteiger partial charge on any atom is -0.399 e. The maximum atomic E-state index is 5.70. The highest BCUT2D eigenvalue weighted by Crippen LogP contribution is 2.50. The first-order valence-electron chi connectivity index (χ1n) is 19.6. The number of halogens is 1. The van der Waals surface area contributed by atoms with Crippen LogP contribution in [0, 0.1) is 0 Å². The number of fused-ring (bicyclic) bond motifs is 6. The summed E-state index contributed by atoms with van der Waals surface area (Å²) < 4.78 is 1.15. The number of hydrogen-bond donors (Lipinski definition) is 2. The molecule has 0 radical (unpaired) electrons. The first-order chi connectivity index (χ1) is 27.6. The lowest BCUT2D eigenvalue weighted by molar-refractivity contribution is 0.660. The van der Waals surface area contributed by atoms with Crippen LogP contribution in [0.25, 0.3) is 44.5 Å². The van der Waals surface area contributed by atoms with Crippen LogP contribution in [-0.2, 0) is 10.8 Å². The molecule has 8 aromatic rings. The van der Waals surface area contributed by atoms with E-state index in [1.54, 1.807) is 0 Å². The summed E-state index contributed by atoms with van der Waals surface area (Å²) in [5, 5.41) is 3.60.